The Kier molecular flexibility index (Phi) is 4.39. The van der Waals surface area contributed by atoms with Crippen molar-refractivity contribution >= 4 is 11.6 Å². The third-order valence-electron chi connectivity index (χ3n) is 4.84. The number of halogens is 1. The van der Waals surface area contributed by atoms with Gasteiger partial charge >= 0.3 is 0 Å². The van der Waals surface area contributed by atoms with Crippen LogP contribution in [0.15, 0.2) is 60.9 Å². The molecule has 0 aliphatic carbocycles. The fourth-order valence-electron chi connectivity index (χ4n) is 3.45. The summed E-state index contributed by atoms with van der Waals surface area (Å²) in [6, 6.07) is 15.8. The first kappa shape index (κ1) is 16.9. The summed E-state index contributed by atoms with van der Waals surface area (Å²) in [6.07, 6.45) is 4.21. The van der Waals surface area contributed by atoms with E-state index in [2.05, 4.69) is 11.1 Å². The van der Waals surface area contributed by atoms with E-state index >= 15 is 0 Å². The minimum Gasteiger partial charge on any atom is -0.310 e. The molecule has 3 aromatic rings. The lowest BCUT2D eigenvalue weighted by atomic mass is 9.99. The number of fused-ring (bicyclic) bond motifs is 1. The zero-order valence-electron chi connectivity index (χ0n) is 14.5. The molecule has 0 unspecified atom stereocenters. The third kappa shape index (κ3) is 3.18. The van der Waals surface area contributed by atoms with Crippen LogP contribution in [0.1, 0.15) is 16.7 Å². The second-order valence-corrected chi connectivity index (χ2v) is 6.44. The van der Waals surface area contributed by atoms with E-state index in [0.717, 1.165) is 28.8 Å². The number of aromatic nitrogens is 1. The molecular weight excluding hydrogens is 341 g/mol. The van der Waals surface area contributed by atoms with Gasteiger partial charge in [-0.25, -0.2) is 4.39 Å². The number of pyridine rings is 1. The van der Waals surface area contributed by atoms with Crippen LogP contribution in [0.3, 0.4) is 0 Å². The van der Waals surface area contributed by atoms with Gasteiger partial charge in [0.15, 0.2) is 0 Å². The first-order valence-electron chi connectivity index (χ1n) is 8.68. The second-order valence-electron chi connectivity index (χ2n) is 6.44. The van der Waals surface area contributed by atoms with Crippen LogP contribution in [-0.4, -0.2) is 17.4 Å². The normalized spacial score (nSPS) is 12.5. The fourth-order valence-corrected chi connectivity index (χ4v) is 3.45. The summed E-state index contributed by atoms with van der Waals surface area (Å²) in [5.41, 5.74) is 4.74. The van der Waals surface area contributed by atoms with Gasteiger partial charge in [0.1, 0.15) is 5.82 Å². The number of benzene rings is 2. The molecule has 2 aromatic carbocycles. The molecule has 1 aromatic heterocycles. The summed E-state index contributed by atoms with van der Waals surface area (Å²) in [7, 11) is 0. The van der Waals surface area contributed by atoms with Gasteiger partial charge in [0.25, 0.3) is 0 Å². The highest BCUT2D eigenvalue weighted by atomic mass is 19.1. The molecular formula is C22H16FN3O. The molecule has 27 heavy (non-hydrogen) atoms. The Bertz CT molecular complexity index is 1050. The molecule has 132 valence electrons. The first-order valence-corrected chi connectivity index (χ1v) is 8.68. The minimum absolute atomic E-state index is 0.0210. The van der Waals surface area contributed by atoms with Crippen LogP contribution in [0.5, 0.6) is 0 Å². The number of carbonyl (C=O) groups is 1. The number of amides is 1. The summed E-state index contributed by atoms with van der Waals surface area (Å²) in [5, 5.41) is 8.96. The molecule has 0 N–H and O–H groups in total. The largest absolute Gasteiger partial charge is 0.310 e. The summed E-state index contributed by atoms with van der Waals surface area (Å²) < 4.78 is 13.9. The van der Waals surface area contributed by atoms with Crippen molar-refractivity contribution in [3.63, 3.8) is 0 Å². The summed E-state index contributed by atoms with van der Waals surface area (Å²) in [4.78, 5) is 18.7. The van der Waals surface area contributed by atoms with Gasteiger partial charge in [-0.3, -0.25) is 9.78 Å². The lowest BCUT2D eigenvalue weighted by Crippen LogP contribution is -2.30. The van der Waals surface area contributed by atoms with Gasteiger partial charge in [0.05, 0.1) is 29.9 Å². The predicted molar refractivity (Wildman–Crippen MR) is 101 cm³/mol. The molecule has 4 nitrogen and oxygen atoms in total. The zero-order chi connectivity index (χ0) is 18.8. The van der Waals surface area contributed by atoms with Gasteiger partial charge in [-0.05, 0) is 41.3 Å². The third-order valence-corrected chi connectivity index (χ3v) is 4.84. The Labute approximate surface area is 156 Å². The Morgan fingerprint density at radius 1 is 1.15 bits per heavy atom. The van der Waals surface area contributed by atoms with E-state index in [1.165, 1.54) is 6.07 Å². The maximum absolute atomic E-state index is 13.9. The van der Waals surface area contributed by atoms with Crippen LogP contribution in [-0.2, 0) is 17.6 Å². The fraction of sp³-hybridized carbons (Fsp3) is 0.136. The number of nitriles is 1. The topological polar surface area (TPSA) is 57.0 Å². The maximum Gasteiger partial charge on any atom is 0.231 e. The van der Waals surface area contributed by atoms with E-state index in [0.29, 0.717) is 17.7 Å². The molecule has 0 saturated carbocycles. The molecule has 4 rings (SSSR count). The molecule has 0 spiro atoms. The second kappa shape index (κ2) is 7.00. The van der Waals surface area contributed by atoms with E-state index in [-0.39, 0.29) is 18.1 Å². The van der Waals surface area contributed by atoms with E-state index in [4.69, 9.17) is 5.26 Å². The summed E-state index contributed by atoms with van der Waals surface area (Å²) in [6.45, 7) is 0.553. The van der Waals surface area contributed by atoms with Gasteiger partial charge in [-0.15, -0.1) is 0 Å². The smallest absolute Gasteiger partial charge is 0.231 e. The average Bonchev–Trinajstić information content (AvgIpc) is 3.14. The van der Waals surface area contributed by atoms with Crippen molar-refractivity contribution in [3.8, 4) is 17.2 Å². The molecule has 0 atom stereocenters. The Hall–Kier alpha value is -3.52. The number of rotatable bonds is 3. The van der Waals surface area contributed by atoms with E-state index in [9.17, 15) is 9.18 Å². The van der Waals surface area contributed by atoms with Crippen molar-refractivity contribution < 1.29 is 9.18 Å². The molecule has 5 heteroatoms. The van der Waals surface area contributed by atoms with Gasteiger partial charge in [-0.1, -0.05) is 30.3 Å². The van der Waals surface area contributed by atoms with Gasteiger partial charge in [0.2, 0.25) is 5.91 Å². The minimum atomic E-state index is -0.366. The Balaban J connectivity index is 1.63. The summed E-state index contributed by atoms with van der Waals surface area (Å²) >= 11 is 0. The SMILES string of the molecule is N#Cc1ccc(-c2cncc3c2CCN3C(=O)Cc2ccccc2F)cc1. The van der Waals surface area contributed by atoms with Crippen LogP contribution >= 0.6 is 0 Å². The maximum atomic E-state index is 13.9. The van der Waals surface area contributed by atoms with Crippen molar-refractivity contribution in [3.05, 3.63) is 83.4 Å². The number of carbonyl (C=O) groups excluding carboxylic acids is 1. The summed E-state index contributed by atoms with van der Waals surface area (Å²) in [5.74, 6) is -0.507. The molecule has 1 aliphatic heterocycles. The van der Waals surface area contributed by atoms with Crippen molar-refractivity contribution in [2.75, 3.05) is 11.4 Å². The zero-order valence-corrected chi connectivity index (χ0v) is 14.5. The van der Waals surface area contributed by atoms with Crippen molar-refractivity contribution in [2.45, 2.75) is 12.8 Å². The Morgan fingerprint density at radius 2 is 1.93 bits per heavy atom. The average molecular weight is 357 g/mol. The lowest BCUT2D eigenvalue weighted by molar-refractivity contribution is -0.117. The molecule has 0 bridgehead atoms. The van der Waals surface area contributed by atoms with Gasteiger partial charge in [0, 0.05) is 18.3 Å². The van der Waals surface area contributed by atoms with Crippen LogP contribution in [0, 0.1) is 17.1 Å². The van der Waals surface area contributed by atoms with Crippen LogP contribution in [0.25, 0.3) is 11.1 Å². The Morgan fingerprint density at radius 3 is 2.67 bits per heavy atom. The number of anilines is 1. The molecule has 0 radical (unpaired) electrons. The van der Waals surface area contributed by atoms with E-state index in [1.807, 2.05) is 12.1 Å². The number of hydrogen-bond acceptors (Lipinski definition) is 3. The van der Waals surface area contributed by atoms with Crippen LogP contribution in [0.2, 0.25) is 0 Å². The van der Waals surface area contributed by atoms with E-state index in [1.54, 1.807) is 47.6 Å². The number of hydrogen-bond donors (Lipinski definition) is 0. The monoisotopic (exact) mass is 357 g/mol. The van der Waals surface area contributed by atoms with Gasteiger partial charge < -0.3 is 4.90 Å². The lowest BCUT2D eigenvalue weighted by Gasteiger charge is -2.18. The van der Waals surface area contributed by atoms with Crippen LogP contribution in [0.4, 0.5) is 10.1 Å². The number of nitrogens with zero attached hydrogens (tertiary/aromatic N) is 3. The molecule has 2 heterocycles. The highest BCUT2D eigenvalue weighted by molar-refractivity contribution is 5.98. The molecule has 1 aliphatic rings. The van der Waals surface area contributed by atoms with E-state index < -0.39 is 0 Å². The molecule has 0 fully saturated rings. The van der Waals surface area contributed by atoms with Crippen molar-refractivity contribution in [2.24, 2.45) is 0 Å². The predicted octanol–water partition coefficient (Wildman–Crippen LogP) is 3.89. The molecule has 1 amide bonds. The van der Waals surface area contributed by atoms with Crippen molar-refractivity contribution in [1.82, 2.24) is 4.98 Å². The standard InChI is InChI=1S/C22H16FN3O/c23-20-4-2-1-3-17(20)11-22(27)26-10-9-18-19(13-25-14-21(18)26)16-7-5-15(12-24)6-8-16/h1-8,13-14H,9-11H2. The highest BCUT2D eigenvalue weighted by Gasteiger charge is 2.27. The van der Waals surface area contributed by atoms with Crippen molar-refractivity contribution in [1.29, 1.82) is 5.26 Å². The quantitative estimate of drug-likeness (QED) is 0.714. The van der Waals surface area contributed by atoms with Crippen LogP contribution < -0.4 is 4.90 Å². The molecule has 0 saturated heterocycles. The first-order chi connectivity index (χ1) is 13.2. The van der Waals surface area contributed by atoms with Gasteiger partial charge in [-0.2, -0.15) is 5.26 Å². The highest BCUT2D eigenvalue weighted by Crippen LogP contribution is 2.35.